The van der Waals surface area contributed by atoms with Crippen molar-refractivity contribution in [2.24, 2.45) is 0 Å². The number of thioether (sulfide) groups is 1. The standard InChI is InChI=1S/C13H20N2O3S2/c1-13(2,3)19-9-12(16)14-10-7-5-6-8-11(10)15-20(4,17)18/h5-8,15H,9H2,1-4H3,(H,14,16). The van der Waals surface area contributed by atoms with Crippen molar-refractivity contribution in [2.45, 2.75) is 25.5 Å². The highest BCUT2D eigenvalue weighted by atomic mass is 32.2. The maximum absolute atomic E-state index is 11.9. The number of benzene rings is 1. The molecule has 0 aliphatic heterocycles. The van der Waals surface area contributed by atoms with E-state index in [9.17, 15) is 13.2 Å². The van der Waals surface area contributed by atoms with Crippen LogP contribution in [0.25, 0.3) is 0 Å². The van der Waals surface area contributed by atoms with Crippen LogP contribution in [0.3, 0.4) is 0 Å². The quantitative estimate of drug-likeness (QED) is 0.875. The first kappa shape index (κ1) is 16.8. The third-order valence-electron chi connectivity index (χ3n) is 2.13. The van der Waals surface area contributed by atoms with Crippen molar-refractivity contribution in [3.8, 4) is 0 Å². The SMILES string of the molecule is CC(C)(C)SCC(=O)Nc1ccccc1NS(C)(=O)=O. The minimum absolute atomic E-state index is 0.00185. The van der Waals surface area contributed by atoms with E-state index in [1.54, 1.807) is 24.3 Å². The molecule has 1 aromatic carbocycles. The van der Waals surface area contributed by atoms with E-state index in [4.69, 9.17) is 0 Å². The van der Waals surface area contributed by atoms with Gasteiger partial charge in [0.25, 0.3) is 0 Å². The van der Waals surface area contributed by atoms with Gasteiger partial charge < -0.3 is 5.32 Å². The van der Waals surface area contributed by atoms with Crippen LogP contribution in [0.5, 0.6) is 0 Å². The van der Waals surface area contributed by atoms with Crippen molar-refractivity contribution in [2.75, 3.05) is 22.0 Å². The van der Waals surface area contributed by atoms with Crippen molar-refractivity contribution in [3.63, 3.8) is 0 Å². The van der Waals surface area contributed by atoms with Gasteiger partial charge in [0.2, 0.25) is 15.9 Å². The van der Waals surface area contributed by atoms with Gasteiger partial charge in [-0.1, -0.05) is 32.9 Å². The normalized spacial score (nSPS) is 12.0. The molecule has 0 heterocycles. The van der Waals surface area contributed by atoms with Gasteiger partial charge in [0.1, 0.15) is 0 Å². The summed E-state index contributed by atoms with van der Waals surface area (Å²) in [7, 11) is -3.38. The topological polar surface area (TPSA) is 75.3 Å². The molecule has 20 heavy (non-hydrogen) atoms. The maximum Gasteiger partial charge on any atom is 0.234 e. The van der Waals surface area contributed by atoms with Gasteiger partial charge in [-0.25, -0.2) is 8.42 Å². The number of rotatable bonds is 5. The van der Waals surface area contributed by atoms with Crippen molar-refractivity contribution >= 4 is 39.1 Å². The van der Waals surface area contributed by atoms with Crippen molar-refractivity contribution in [1.82, 2.24) is 0 Å². The summed E-state index contributed by atoms with van der Waals surface area (Å²) >= 11 is 1.53. The average Bonchev–Trinajstić information content (AvgIpc) is 2.26. The Kier molecular flexibility index (Phi) is 5.47. The molecule has 2 N–H and O–H groups in total. The van der Waals surface area contributed by atoms with Crippen LogP contribution in [-0.2, 0) is 14.8 Å². The number of carbonyl (C=O) groups is 1. The summed E-state index contributed by atoms with van der Waals surface area (Å²) in [6.45, 7) is 6.10. The summed E-state index contributed by atoms with van der Waals surface area (Å²) in [5.41, 5.74) is 0.821. The van der Waals surface area contributed by atoms with Gasteiger partial charge in [0.15, 0.2) is 0 Å². The predicted octanol–water partition coefficient (Wildman–Crippen LogP) is 2.53. The van der Waals surface area contributed by atoms with Gasteiger partial charge in [-0.05, 0) is 12.1 Å². The minimum Gasteiger partial charge on any atom is -0.324 e. The largest absolute Gasteiger partial charge is 0.324 e. The fourth-order valence-corrected chi connectivity index (χ4v) is 2.56. The van der Waals surface area contributed by atoms with Crippen LogP contribution in [0.15, 0.2) is 24.3 Å². The second kappa shape index (κ2) is 6.49. The van der Waals surface area contributed by atoms with Gasteiger partial charge in [-0.3, -0.25) is 9.52 Å². The van der Waals surface area contributed by atoms with Crippen molar-refractivity contribution in [1.29, 1.82) is 0 Å². The van der Waals surface area contributed by atoms with E-state index in [2.05, 4.69) is 10.0 Å². The first-order valence-corrected chi connectivity index (χ1v) is 8.95. The van der Waals surface area contributed by atoms with Crippen LogP contribution in [0.2, 0.25) is 0 Å². The van der Waals surface area contributed by atoms with Gasteiger partial charge in [-0.15, -0.1) is 11.8 Å². The molecule has 0 saturated carbocycles. The molecular formula is C13H20N2O3S2. The van der Waals surface area contributed by atoms with Crippen molar-refractivity contribution in [3.05, 3.63) is 24.3 Å². The second-order valence-electron chi connectivity index (χ2n) is 5.37. The van der Waals surface area contributed by atoms with Gasteiger partial charge in [0, 0.05) is 4.75 Å². The first-order chi connectivity index (χ1) is 9.07. The molecule has 1 rings (SSSR count). The molecule has 0 fully saturated rings. The molecule has 112 valence electrons. The number of amides is 1. The number of nitrogens with one attached hydrogen (secondary N) is 2. The monoisotopic (exact) mass is 316 g/mol. The molecule has 0 aliphatic carbocycles. The van der Waals surface area contributed by atoms with E-state index in [0.29, 0.717) is 17.1 Å². The molecule has 5 nitrogen and oxygen atoms in total. The summed E-state index contributed by atoms with van der Waals surface area (Å²) in [6.07, 6.45) is 1.07. The molecule has 0 spiro atoms. The lowest BCUT2D eigenvalue weighted by Crippen LogP contribution is -2.20. The van der Waals surface area contributed by atoms with Crippen LogP contribution in [0.4, 0.5) is 11.4 Å². The fourth-order valence-electron chi connectivity index (χ4n) is 1.35. The lowest BCUT2D eigenvalue weighted by Gasteiger charge is -2.17. The molecule has 7 heteroatoms. The lowest BCUT2D eigenvalue weighted by molar-refractivity contribution is -0.113. The zero-order valence-corrected chi connectivity index (χ0v) is 13.7. The molecular weight excluding hydrogens is 296 g/mol. The highest BCUT2D eigenvalue weighted by Gasteiger charge is 2.14. The molecule has 0 aromatic heterocycles. The Hall–Kier alpha value is -1.21. The van der Waals surface area contributed by atoms with Gasteiger partial charge in [-0.2, -0.15) is 0 Å². The first-order valence-electron chi connectivity index (χ1n) is 6.07. The molecule has 1 amide bonds. The zero-order valence-electron chi connectivity index (χ0n) is 12.1. The Labute approximate surface area is 124 Å². The predicted molar refractivity (Wildman–Crippen MR) is 85.7 cm³/mol. The molecule has 0 atom stereocenters. The Morgan fingerprint density at radius 2 is 1.75 bits per heavy atom. The molecule has 0 saturated heterocycles. The highest BCUT2D eigenvalue weighted by Crippen LogP contribution is 2.25. The van der Waals surface area contributed by atoms with E-state index in [0.717, 1.165) is 6.26 Å². The van der Waals surface area contributed by atoms with E-state index in [1.165, 1.54) is 11.8 Å². The van der Waals surface area contributed by atoms with E-state index in [1.807, 2.05) is 20.8 Å². The van der Waals surface area contributed by atoms with Gasteiger partial charge in [0.05, 0.1) is 23.4 Å². The Morgan fingerprint density at radius 1 is 1.20 bits per heavy atom. The van der Waals surface area contributed by atoms with Crippen LogP contribution < -0.4 is 10.0 Å². The van der Waals surface area contributed by atoms with Crippen LogP contribution >= 0.6 is 11.8 Å². The maximum atomic E-state index is 11.9. The highest BCUT2D eigenvalue weighted by molar-refractivity contribution is 8.01. The Balaban J connectivity index is 2.75. The number of hydrogen-bond acceptors (Lipinski definition) is 4. The summed E-state index contributed by atoms with van der Waals surface area (Å²) in [5.74, 6) is 0.157. The third-order valence-corrected chi connectivity index (χ3v) is 4.00. The number of carbonyl (C=O) groups excluding carboxylic acids is 1. The van der Waals surface area contributed by atoms with E-state index >= 15 is 0 Å². The number of sulfonamides is 1. The number of para-hydroxylation sites is 2. The lowest BCUT2D eigenvalue weighted by atomic mass is 10.3. The minimum atomic E-state index is -3.38. The van der Waals surface area contributed by atoms with Crippen LogP contribution in [0, 0.1) is 0 Å². The van der Waals surface area contributed by atoms with Crippen LogP contribution in [0.1, 0.15) is 20.8 Å². The fraction of sp³-hybridized carbons (Fsp3) is 0.462. The molecule has 0 bridgehead atoms. The number of anilines is 2. The van der Waals surface area contributed by atoms with Crippen molar-refractivity contribution < 1.29 is 13.2 Å². The van der Waals surface area contributed by atoms with Gasteiger partial charge >= 0.3 is 0 Å². The summed E-state index contributed by atoms with van der Waals surface area (Å²) in [6, 6.07) is 6.70. The summed E-state index contributed by atoms with van der Waals surface area (Å²) in [5, 5.41) is 2.72. The van der Waals surface area contributed by atoms with Crippen LogP contribution in [-0.4, -0.2) is 31.1 Å². The molecule has 0 unspecified atom stereocenters. The number of hydrogen-bond donors (Lipinski definition) is 2. The summed E-state index contributed by atoms with van der Waals surface area (Å²) < 4.78 is 24.9. The second-order valence-corrected chi connectivity index (χ2v) is 8.92. The van der Waals surface area contributed by atoms with E-state index in [-0.39, 0.29) is 10.7 Å². The Morgan fingerprint density at radius 3 is 2.25 bits per heavy atom. The third kappa shape index (κ3) is 6.81. The molecule has 0 radical (unpaired) electrons. The molecule has 0 aliphatic rings. The average molecular weight is 316 g/mol. The Bertz CT molecular complexity index is 578. The summed E-state index contributed by atoms with van der Waals surface area (Å²) in [4.78, 5) is 11.9. The molecule has 1 aromatic rings. The van der Waals surface area contributed by atoms with E-state index < -0.39 is 10.0 Å². The zero-order chi connectivity index (χ0) is 15.4. The smallest absolute Gasteiger partial charge is 0.234 e.